The number of aliphatic hydroxyl groups is 5. The van der Waals surface area contributed by atoms with Crippen molar-refractivity contribution in [2.75, 3.05) is 13.2 Å². The van der Waals surface area contributed by atoms with Gasteiger partial charge in [0.1, 0.15) is 41.1 Å². The zero-order valence-electron chi connectivity index (χ0n) is 23.6. The summed E-state index contributed by atoms with van der Waals surface area (Å²) in [5.41, 5.74) is 3.35. The smallest absolute Gasteiger partial charge is 0.187 e. The lowest BCUT2D eigenvalue weighted by atomic mass is 9.59. The second-order valence-electron chi connectivity index (χ2n) is 13.5. The number of quaternary nitrogens is 1. The molecule has 0 aromatic rings. The first-order chi connectivity index (χ1) is 19.5. The first-order valence-electron chi connectivity index (χ1n) is 15.3. The molecule has 11 nitrogen and oxygen atoms in total. The van der Waals surface area contributed by atoms with E-state index in [0.29, 0.717) is 32.1 Å². The number of fused-ring (bicyclic) bond motifs is 4. The number of allylic oxidation sites excluding steroid dienone is 4. The van der Waals surface area contributed by atoms with Gasteiger partial charge in [0.05, 0.1) is 37.0 Å². The lowest BCUT2D eigenvalue weighted by molar-refractivity contribution is -0.699. The van der Waals surface area contributed by atoms with Gasteiger partial charge in [-0.25, -0.2) is 0 Å². The fourth-order valence-electron chi connectivity index (χ4n) is 8.99. The van der Waals surface area contributed by atoms with E-state index in [0.717, 1.165) is 25.0 Å². The number of piperidine rings is 1. The van der Waals surface area contributed by atoms with Crippen LogP contribution in [-0.4, -0.2) is 92.2 Å². The Morgan fingerprint density at radius 1 is 1.17 bits per heavy atom. The molecule has 0 radical (unpaired) electrons. The van der Waals surface area contributed by atoms with Crippen LogP contribution in [0.4, 0.5) is 0 Å². The van der Waals surface area contributed by atoms with Gasteiger partial charge in [0.2, 0.25) is 0 Å². The van der Waals surface area contributed by atoms with E-state index in [1.807, 2.05) is 0 Å². The van der Waals surface area contributed by atoms with Gasteiger partial charge in [-0.05, 0) is 63.4 Å². The molecule has 2 heterocycles. The van der Waals surface area contributed by atoms with E-state index in [2.05, 4.69) is 5.32 Å². The molecule has 0 amide bonds. The molecule has 3 saturated carbocycles. The molecule has 6 aliphatic rings. The van der Waals surface area contributed by atoms with Crippen molar-refractivity contribution >= 4 is 11.6 Å². The number of ketones is 2. The third kappa shape index (κ3) is 4.64. The van der Waals surface area contributed by atoms with Crippen LogP contribution >= 0.6 is 0 Å². The van der Waals surface area contributed by atoms with E-state index in [9.17, 15) is 35.1 Å². The first kappa shape index (κ1) is 29.4. The number of hydrogen-bond acceptors (Lipinski definition) is 10. The van der Waals surface area contributed by atoms with Crippen molar-refractivity contribution < 1.29 is 49.9 Å². The van der Waals surface area contributed by atoms with Gasteiger partial charge >= 0.3 is 0 Å². The van der Waals surface area contributed by atoms with Crippen molar-refractivity contribution in [3.05, 3.63) is 23.5 Å². The molecule has 4 aliphatic carbocycles. The van der Waals surface area contributed by atoms with E-state index >= 15 is 0 Å². The number of hydrogen-bond donors (Lipinski definition) is 7. The molecule has 2 saturated heterocycles. The number of Topliss-reactive ketones (excluding diaryl/α,β-unsaturated/α-hetero) is 2. The van der Waals surface area contributed by atoms with Crippen molar-refractivity contribution in [1.82, 2.24) is 0 Å². The molecule has 2 aliphatic heterocycles. The van der Waals surface area contributed by atoms with E-state index in [1.165, 1.54) is 6.08 Å². The fraction of sp³-hybridized carbons (Fsp3) is 0.800. The van der Waals surface area contributed by atoms with Crippen molar-refractivity contribution in [3.8, 4) is 0 Å². The van der Waals surface area contributed by atoms with Gasteiger partial charge in [0.25, 0.3) is 0 Å². The van der Waals surface area contributed by atoms with Crippen molar-refractivity contribution in [1.29, 1.82) is 0 Å². The van der Waals surface area contributed by atoms with E-state index in [1.54, 1.807) is 13.0 Å². The predicted octanol–water partition coefficient (Wildman–Crippen LogP) is -0.827. The van der Waals surface area contributed by atoms with Gasteiger partial charge in [-0.1, -0.05) is 18.1 Å². The molecule has 2 bridgehead atoms. The molecule has 6 rings (SSSR count). The third-order valence-corrected chi connectivity index (χ3v) is 11.1. The van der Waals surface area contributed by atoms with Gasteiger partial charge in [-0.2, -0.15) is 0 Å². The van der Waals surface area contributed by atoms with Crippen molar-refractivity contribution in [2.24, 2.45) is 41.2 Å². The van der Waals surface area contributed by atoms with Crippen LogP contribution in [0.1, 0.15) is 58.3 Å². The molecule has 0 spiro atoms. The van der Waals surface area contributed by atoms with E-state index in [-0.39, 0.29) is 35.8 Å². The molecule has 5 fully saturated rings. The lowest BCUT2D eigenvalue weighted by Crippen LogP contribution is -2.94. The summed E-state index contributed by atoms with van der Waals surface area (Å²) in [6, 6.07) is 0. The Balaban J connectivity index is 1.26. The minimum atomic E-state index is -2.01. The summed E-state index contributed by atoms with van der Waals surface area (Å²) in [7, 11) is 0. The summed E-state index contributed by atoms with van der Waals surface area (Å²) in [6.45, 7) is 2.07. The SMILES string of the molecule is CC1=CC2C(=O)C3CCCC(OC4OC5(CO)CCC(CC6CC[NH2+]C(N)C6)C(O)(C4O)C5O)C3C(=O)C2C(O)=C1. The fourth-order valence-corrected chi connectivity index (χ4v) is 8.99. The Labute approximate surface area is 239 Å². The number of carbonyl (C=O) groups is 2. The minimum absolute atomic E-state index is 0.0310. The molecular formula is C30H45N2O9+. The van der Waals surface area contributed by atoms with Gasteiger partial charge in [-0.3, -0.25) is 15.3 Å². The quantitative estimate of drug-likeness (QED) is 0.217. The Morgan fingerprint density at radius 3 is 2.68 bits per heavy atom. The number of ether oxygens (including phenoxy) is 2. The molecule has 13 atom stereocenters. The average Bonchev–Trinajstić information content (AvgIpc) is 2.94. The van der Waals surface area contributed by atoms with Crippen LogP contribution in [0.5, 0.6) is 0 Å². The normalized spacial score (nSPS) is 50.0. The molecule has 228 valence electrons. The minimum Gasteiger partial charge on any atom is -0.512 e. The van der Waals surface area contributed by atoms with Crippen LogP contribution in [0.3, 0.4) is 0 Å². The third-order valence-electron chi connectivity index (χ3n) is 11.1. The number of rotatable bonds is 5. The molecule has 9 N–H and O–H groups in total. The average molecular weight is 578 g/mol. The summed E-state index contributed by atoms with van der Waals surface area (Å²) >= 11 is 0. The largest absolute Gasteiger partial charge is 0.512 e. The van der Waals surface area contributed by atoms with Crippen LogP contribution in [0.25, 0.3) is 0 Å². The van der Waals surface area contributed by atoms with Crippen LogP contribution in [-0.2, 0) is 19.1 Å². The van der Waals surface area contributed by atoms with Gasteiger partial charge in [0.15, 0.2) is 12.1 Å². The highest BCUT2D eigenvalue weighted by molar-refractivity contribution is 6.02. The molecule has 11 heteroatoms. The molecule has 0 aromatic carbocycles. The zero-order chi connectivity index (χ0) is 29.3. The first-order valence-corrected chi connectivity index (χ1v) is 15.3. The maximum absolute atomic E-state index is 13.8. The highest BCUT2D eigenvalue weighted by atomic mass is 16.7. The summed E-state index contributed by atoms with van der Waals surface area (Å²) in [6.07, 6.45) is 2.31. The van der Waals surface area contributed by atoms with E-state index in [4.69, 9.17) is 15.2 Å². The van der Waals surface area contributed by atoms with E-state index < -0.39 is 72.0 Å². The van der Waals surface area contributed by atoms with Crippen molar-refractivity contribution in [2.45, 2.75) is 100 Å². The van der Waals surface area contributed by atoms with Crippen LogP contribution < -0.4 is 11.1 Å². The highest BCUT2D eigenvalue weighted by Gasteiger charge is 2.68. The Kier molecular flexibility index (Phi) is 7.73. The topological polar surface area (TPSA) is 196 Å². The van der Waals surface area contributed by atoms with Crippen LogP contribution in [0.2, 0.25) is 0 Å². The molecule has 0 aromatic heterocycles. The standard InChI is InChI=1S/C30H44N2O9/c1-14-9-18-22(19(34)10-14)25(36)23-17(24(18)35)3-2-4-20(23)40-27-26(37)30(39)16(11-15-6-8-32-21(31)12-15)5-7-29(13-33,41-27)28(30)38/h9-10,15-18,20-23,26-28,32-34,37-39H,2-8,11-13,31H2,1H3/p+1. The maximum Gasteiger partial charge on any atom is 0.187 e. The highest BCUT2D eigenvalue weighted by Crippen LogP contribution is 2.53. The number of carbonyl (C=O) groups excluding carboxylic acids is 2. The summed E-state index contributed by atoms with van der Waals surface area (Å²) in [5.74, 6) is -3.84. The monoisotopic (exact) mass is 577 g/mol. The van der Waals surface area contributed by atoms with Crippen molar-refractivity contribution in [3.63, 3.8) is 0 Å². The molecular weight excluding hydrogens is 532 g/mol. The van der Waals surface area contributed by atoms with Gasteiger partial charge in [-0.15, -0.1) is 0 Å². The van der Waals surface area contributed by atoms with Crippen LogP contribution in [0, 0.1) is 35.5 Å². The molecule has 41 heavy (non-hydrogen) atoms. The number of aliphatic hydroxyl groups excluding tert-OH is 4. The summed E-state index contributed by atoms with van der Waals surface area (Å²) in [5, 5.41) is 58.1. The maximum atomic E-state index is 13.8. The summed E-state index contributed by atoms with van der Waals surface area (Å²) in [4.78, 5) is 27.4. The summed E-state index contributed by atoms with van der Waals surface area (Å²) < 4.78 is 12.4. The predicted molar refractivity (Wildman–Crippen MR) is 144 cm³/mol. The van der Waals surface area contributed by atoms with Gasteiger partial charge in [0, 0.05) is 12.3 Å². The zero-order valence-corrected chi connectivity index (χ0v) is 23.6. The lowest BCUT2D eigenvalue weighted by Gasteiger charge is -2.60. The second-order valence-corrected chi connectivity index (χ2v) is 13.5. The Bertz CT molecular complexity index is 1130. The van der Waals surface area contributed by atoms with Gasteiger partial charge < -0.3 is 40.3 Å². The Hall–Kier alpha value is -1.70. The second kappa shape index (κ2) is 10.8. The molecule has 13 unspecified atom stereocenters. The Morgan fingerprint density at radius 2 is 1.95 bits per heavy atom. The van der Waals surface area contributed by atoms with Crippen LogP contribution in [0.15, 0.2) is 23.5 Å². The number of nitrogens with two attached hydrogens (primary N) is 2.